The lowest BCUT2D eigenvalue weighted by Crippen LogP contribution is -2.65. The molecule has 692 valence electrons. The van der Waals surface area contributed by atoms with Gasteiger partial charge in [-0.05, 0) is 87.4 Å². The van der Waals surface area contributed by atoms with E-state index >= 15 is 0 Å². The molecule has 10 amide bonds. The molecule has 12 aromatic carbocycles. The molecule has 12 aliphatic heterocycles. The number of para-hydroxylation sites is 8. The molecule has 0 unspecified atom stereocenters. The maximum Gasteiger partial charge on any atom is 0.259 e. The monoisotopic (exact) mass is 1860 g/mol. The molecule has 18 N–H and O–H groups in total. The van der Waals surface area contributed by atoms with Crippen molar-refractivity contribution in [3.05, 3.63) is 239 Å². The Balaban J connectivity index is 0.0000000896. The van der Waals surface area contributed by atoms with E-state index in [1.54, 1.807) is 21.0 Å². The Labute approximate surface area is 788 Å². The summed E-state index contributed by atoms with van der Waals surface area (Å²) in [6, 6.07) is 62.9. The number of likely N-dealkylation sites (N-methyl/N-ethyl adjacent to an activating group) is 2. The van der Waals surface area contributed by atoms with Crippen LogP contribution in [0.5, 0.6) is 0 Å². The van der Waals surface area contributed by atoms with Crippen molar-refractivity contribution in [1.29, 1.82) is 0 Å². The molecular formula is C106H84N20O14. The van der Waals surface area contributed by atoms with Gasteiger partial charge in [-0.2, -0.15) is 0 Å². The second-order valence-corrected chi connectivity index (χ2v) is 39.7. The lowest BCUT2D eigenvalue weighted by atomic mass is 9.85. The molecule has 12 aliphatic rings. The van der Waals surface area contributed by atoms with E-state index in [0.29, 0.717) is 68.8 Å². The van der Waals surface area contributed by atoms with Crippen molar-refractivity contribution in [3.63, 3.8) is 0 Å². The van der Waals surface area contributed by atoms with Crippen LogP contribution in [0.25, 0.3) is 174 Å². The van der Waals surface area contributed by atoms with Crippen LogP contribution in [-0.4, -0.2) is 132 Å². The van der Waals surface area contributed by atoms with Crippen LogP contribution in [0, 0.1) is 0 Å². The minimum Gasteiger partial charge on any atom is -0.368 e. The van der Waals surface area contributed by atoms with E-state index in [0.717, 1.165) is 170 Å². The number of imide groups is 2. The molecule has 0 spiro atoms. The number of aromatic nitrogens is 8. The molecule has 34 nitrogen and oxygen atoms in total. The van der Waals surface area contributed by atoms with Crippen molar-refractivity contribution in [2.24, 2.45) is 34.4 Å². The Morgan fingerprint density at radius 3 is 0.757 bits per heavy atom. The highest BCUT2D eigenvalue weighted by atomic mass is 16.6. The van der Waals surface area contributed by atoms with Gasteiger partial charge < -0.3 is 111 Å². The van der Waals surface area contributed by atoms with E-state index < -0.39 is 105 Å². The van der Waals surface area contributed by atoms with Crippen LogP contribution in [0.2, 0.25) is 0 Å². The minimum atomic E-state index is -1.53. The average Bonchev–Trinajstić information content (AvgIpc) is 1.50. The summed E-state index contributed by atoms with van der Waals surface area (Å²) < 4.78 is 43.5. The van der Waals surface area contributed by atoms with E-state index in [1.165, 1.54) is 0 Å². The highest BCUT2D eigenvalue weighted by Gasteiger charge is 2.68. The number of carbonyl (C=O) groups excluding carboxylic acids is 10. The highest BCUT2D eigenvalue weighted by molar-refractivity contribution is 6.42. The first-order valence-electron chi connectivity index (χ1n) is 46.6. The van der Waals surface area contributed by atoms with Gasteiger partial charge in [0.05, 0.1) is 122 Å². The topological polar surface area (TPSA) is 475 Å². The quantitative estimate of drug-likeness (QED) is 0.0728. The molecule has 4 saturated heterocycles. The third kappa shape index (κ3) is 8.79. The molecular weight excluding hydrogens is 1780 g/mol. The molecule has 34 heteroatoms. The Morgan fingerprint density at radius 1 is 0.293 bits per heavy atom. The van der Waals surface area contributed by atoms with E-state index in [2.05, 4.69) is 79.0 Å². The number of primary amides is 2. The average molecular weight is 1860 g/mol. The number of rotatable bonds is 4. The standard InChI is InChI=1S/C27H21N5O4.C27H23N5O3.C26H19N5O4.C26H21N5O3/c1-26-27(28,25(35)29-2)11-16(36-26)31-14-9-5-3-7-12(14)17-19-20(24(34)30-23(19)33)18-13-8-4-6-10-15(13)32(26)22(18)21(17)31;1-26-27(28,25(34)29-2)11-18(35-26)31-16-9-5-3-7-13(16)20-21-15(12-30-24(21)33)19-14-8-4-6-10-17(14)32(26)23(19)22(20)31;1-25-26(28,24(27)34)10-15(35-25)30-13-8-4-2-6-11(13)16-18-19(23(33)29-22(18)32)17-12-7-3-5-9-14(12)31(25)21(17)20(16)30;1-25-26(28,24(27)33)10-17(34-25)30-15-8-4-2-6-12(15)19-20-14(11-29-23(20)32)18-13-7-3-5-9-16(13)31(25)22(18)21(19)30/h3-10,16H,11,28H2,1-2H3,(H,29,35)(H,30,33,34);3-10,18H,11-12,28H2,1-2H3,(H,29,34)(H,30,33);2-9,15H,10,28H2,1H3,(H2,27,34)(H,29,32,33);2-9,17H,10-11,28H2,1H3,(H2,27,33)(H,29,32)/t16-,26+,27+;18-,26+,27+;15-,25+,26+;17-,25+,26+/m1111/s1. The fraction of sp³-hybridized carbons (Fsp3) is 0.226. The fourth-order valence-electron chi connectivity index (χ4n) is 27.5. The summed E-state index contributed by atoms with van der Waals surface area (Å²) >= 11 is 0. The number of hydrogen-bond acceptors (Lipinski definition) is 18. The first kappa shape index (κ1) is 81.0. The number of amides is 10. The summed E-state index contributed by atoms with van der Waals surface area (Å²) in [7, 11) is 3.18. The lowest BCUT2D eigenvalue weighted by Gasteiger charge is -2.39. The Morgan fingerprint density at radius 2 is 0.500 bits per heavy atom. The Bertz CT molecular complexity index is 9640. The van der Waals surface area contributed by atoms with E-state index in [9.17, 15) is 47.9 Å². The Hall–Kier alpha value is -16.2. The van der Waals surface area contributed by atoms with E-state index in [-0.39, 0.29) is 42.9 Å². The predicted molar refractivity (Wildman–Crippen MR) is 523 cm³/mol. The molecule has 12 atom stereocenters. The molecule has 0 radical (unpaired) electrons. The highest BCUT2D eigenvalue weighted by Crippen LogP contribution is 2.64. The van der Waals surface area contributed by atoms with Gasteiger partial charge in [0.2, 0.25) is 23.6 Å². The molecule has 8 aromatic heterocycles. The summed E-state index contributed by atoms with van der Waals surface area (Å²) in [5, 5.41) is 30.4. The normalized spacial score (nSPS) is 26.8. The minimum absolute atomic E-state index is 0.0540. The number of nitrogens with zero attached hydrogens (tertiary/aromatic N) is 8. The molecule has 8 bridgehead atoms. The zero-order valence-corrected chi connectivity index (χ0v) is 75.8. The number of fused-ring (bicyclic) bond motifs is 52. The molecule has 32 rings (SSSR count). The van der Waals surface area contributed by atoms with Crippen LogP contribution in [0.15, 0.2) is 194 Å². The molecule has 20 heterocycles. The van der Waals surface area contributed by atoms with E-state index in [1.807, 2.05) is 204 Å². The molecule has 140 heavy (non-hydrogen) atoms. The van der Waals surface area contributed by atoms with Gasteiger partial charge in [-0.3, -0.25) is 58.6 Å². The smallest absolute Gasteiger partial charge is 0.259 e. The fourth-order valence-corrected chi connectivity index (χ4v) is 27.5. The van der Waals surface area contributed by atoms with Gasteiger partial charge in [0.1, 0.15) is 47.1 Å². The van der Waals surface area contributed by atoms with Gasteiger partial charge in [-0.1, -0.05) is 146 Å². The zero-order chi connectivity index (χ0) is 95.7. The van der Waals surface area contributed by atoms with Crippen molar-refractivity contribution in [3.8, 4) is 0 Å². The number of nitrogens with one attached hydrogen (secondary N) is 6. The maximum absolute atomic E-state index is 13.4. The largest absolute Gasteiger partial charge is 0.368 e. The van der Waals surface area contributed by atoms with Crippen LogP contribution >= 0.6 is 0 Å². The van der Waals surface area contributed by atoms with Gasteiger partial charge in [-0.25, -0.2) is 0 Å². The summed E-state index contributed by atoms with van der Waals surface area (Å²) in [6.45, 7) is 8.30. The second kappa shape index (κ2) is 25.8. The number of benzene rings is 12. The summed E-state index contributed by atoms with van der Waals surface area (Å²) in [6.07, 6.45) is -1.27. The van der Waals surface area contributed by atoms with Crippen LogP contribution < -0.4 is 66.3 Å². The molecule has 0 aliphatic carbocycles. The van der Waals surface area contributed by atoms with Crippen molar-refractivity contribution in [2.45, 2.75) is 136 Å². The SMILES string of the molecule is CNC(=O)[C@@]1(N)C[C@H]2O[C@]1(C)n1c3ccccc3c3c4c(c5c6ccccc6n2c5c31)C(=O)NC4.CNC(=O)[C@@]1(N)C[C@H]2O[C@]1(C)n1c3ccccc3c3c4c(c5c6ccccc6n2c5c31)C(=O)NC4=O.C[C@]12O[C@H](C[C@]1(N)C(N)=O)n1c3ccccc3c3c4c(c5c6ccccc6n2c5c31)C(=O)NC4=O.C[C@]12O[C@H](C[C@]1(N)C(N)=O)n1c3ccccc3c3c4c(c5c6ccccc6n2c5c31)CNC4=O. The lowest BCUT2D eigenvalue weighted by molar-refractivity contribution is -0.149. The second-order valence-electron chi connectivity index (χ2n) is 39.7. The zero-order valence-electron chi connectivity index (χ0n) is 75.8. The van der Waals surface area contributed by atoms with Gasteiger partial charge in [0.15, 0.2) is 22.9 Å². The molecule has 20 aromatic rings. The van der Waals surface area contributed by atoms with Gasteiger partial charge >= 0.3 is 0 Å². The van der Waals surface area contributed by atoms with Crippen LogP contribution in [-0.2, 0) is 74.1 Å². The van der Waals surface area contributed by atoms with Crippen LogP contribution in [0.1, 0.15) is 152 Å². The van der Waals surface area contributed by atoms with Crippen molar-refractivity contribution in [2.75, 3.05) is 14.1 Å². The van der Waals surface area contributed by atoms with Crippen molar-refractivity contribution < 1.29 is 66.9 Å². The third-order valence-corrected chi connectivity index (χ3v) is 33.7. The van der Waals surface area contributed by atoms with E-state index in [4.69, 9.17) is 53.3 Å². The first-order chi connectivity index (χ1) is 67.4. The molecule has 0 saturated carbocycles. The number of ether oxygens (including phenoxy) is 4. The van der Waals surface area contributed by atoms with Gasteiger partial charge in [-0.15, -0.1) is 0 Å². The summed E-state index contributed by atoms with van der Waals surface area (Å²) in [5.41, 5.74) is 47.4. The first-order valence-corrected chi connectivity index (χ1v) is 46.6. The summed E-state index contributed by atoms with van der Waals surface area (Å²) in [5.74, 6) is -3.67. The van der Waals surface area contributed by atoms with Gasteiger partial charge in [0.25, 0.3) is 35.4 Å². The van der Waals surface area contributed by atoms with Gasteiger partial charge in [0, 0.05) is 139 Å². The summed E-state index contributed by atoms with van der Waals surface area (Å²) in [4.78, 5) is 132. The van der Waals surface area contributed by atoms with Crippen molar-refractivity contribution >= 4 is 234 Å². The van der Waals surface area contributed by atoms with Crippen LogP contribution in [0.4, 0.5) is 0 Å². The third-order valence-electron chi connectivity index (χ3n) is 33.7. The molecule has 4 fully saturated rings. The predicted octanol–water partition coefficient (Wildman–Crippen LogP) is 11.5. The number of carbonyl (C=O) groups is 10. The van der Waals surface area contributed by atoms with Crippen LogP contribution in [0.3, 0.4) is 0 Å². The number of nitrogens with two attached hydrogens (primary N) is 6. The number of hydrogen-bond donors (Lipinski definition) is 12. The maximum atomic E-state index is 13.4. The van der Waals surface area contributed by atoms with Crippen molar-refractivity contribution in [1.82, 2.24) is 68.4 Å². The Kier molecular flexibility index (Phi) is 14.9.